The van der Waals surface area contributed by atoms with Crippen LogP contribution in [0.25, 0.3) is 5.69 Å². The van der Waals surface area contributed by atoms with Crippen LogP contribution in [0.3, 0.4) is 0 Å². The van der Waals surface area contributed by atoms with E-state index in [2.05, 4.69) is 27.0 Å². The first-order chi connectivity index (χ1) is 18.3. The van der Waals surface area contributed by atoms with Crippen LogP contribution in [0.15, 0.2) is 42.5 Å². The summed E-state index contributed by atoms with van der Waals surface area (Å²) in [5, 5.41) is 14.7. The van der Waals surface area contributed by atoms with Gasteiger partial charge in [0.1, 0.15) is 17.3 Å². The molecule has 0 aliphatic carbocycles. The molecular formula is C28H35Cl2N5O3. The summed E-state index contributed by atoms with van der Waals surface area (Å²) >= 11 is 12.5. The molecule has 0 spiro atoms. The molecule has 4 rings (SSSR count). The number of aliphatic hydroxyl groups is 1. The molecule has 1 fully saturated rings. The van der Waals surface area contributed by atoms with E-state index in [1.165, 1.54) is 0 Å². The van der Waals surface area contributed by atoms with Gasteiger partial charge < -0.3 is 20.1 Å². The summed E-state index contributed by atoms with van der Waals surface area (Å²) in [6.07, 6.45) is 0.913. The minimum atomic E-state index is -0.702. The second kappa shape index (κ2) is 12.8. The van der Waals surface area contributed by atoms with E-state index in [0.717, 1.165) is 61.9 Å². The van der Waals surface area contributed by atoms with Crippen molar-refractivity contribution in [2.45, 2.75) is 32.8 Å². The van der Waals surface area contributed by atoms with Gasteiger partial charge in [-0.2, -0.15) is 0 Å². The topological polar surface area (TPSA) is 82.9 Å². The molecule has 38 heavy (non-hydrogen) atoms. The summed E-state index contributed by atoms with van der Waals surface area (Å²) in [4.78, 5) is 22.2. The number of carbonyl (C=O) groups is 1. The van der Waals surface area contributed by atoms with E-state index in [-0.39, 0.29) is 12.5 Å². The number of methoxy groups -OCH3 is 1. The molecule has 10 heteroatoms. The van der Waals surface area contributed by atoms with Crippen molar-refractivity contribution in [3.05, 3.63) is 69.7 Å². The second-order valence-electron chi connectivity index (χ2n) is 9.44. The number of benzene rings is 2. The largest absolute Gasteiger partial charge is 0.495 e. The van der Waals surface area contributed by atoms with Crippen LogP contribution in [0.4, 0.5) is 5.69 Å². The Morgan fingerprint density at radius 3 is 2.53 bits per heavy atom. The zero-order valence-electron chi connectivity index (χ0n) is 22.1. The van der Waals surface area contributed by atoms with Crippen molar-refractivity contribution in [1.29, 1.82) is 0 Å². The molecule has 3 aromatic rings. The van der Waals surface area contributed by atoms with Gasteiger partial charge in [0.15, 0.2) is 0 Å². The number of aromatic nitrogens is 2. The molecule has 1 aliphatic rings. The Kier molecular flexibility index (Phi) is 9.54. The van der Waals surface area contributed by atoms with Crippen molar-refractivity contribution in [1.82, 2.24) is 19.8 Å². The van der Waals surface area contributed by atoms with Crippen molar-refractivity contribution in [2.75, 3.05) is 51.3 Å². The molecule has 1 aliphatic heterocycles. The predicted octanol–water partition coefficient (Wildman–Crippen LogP) is 4.36. The van der Waals surface area contributed by atoms with Crippen LogP contribution >= 0.6 is 23.2 Å². The van der Waals surface area contributed by atoms with E-state index >= 15 is 0 Å². The summed E-state index contributed by atoms with van der Waals surface area (Å²) < 4.78 is 7.53. The van der Waals surface area contributed by atoms with E-state index in [1.807, 2.05) is 47.9 Å². The van der Waals surface area contributed by atoms with Crippen molar-refractivity contribution in [2.24, 2.45) is 0 Å². The normalized spacial score (nSPS) is 14.9. The van der Waals surface area contributed by atoms with Crippen LogP contribution in [0.5, 0.6) is 5.75 Å². The standard InChI is InChI=1S/C28H35Cl2N5O3/c1-4-8-25-32-27(19(2)35(25)22-10-5-6-12-24(22)38-3)28(37)31-17-20(36)18-33-13-15-34(16-14-33)23-11-7-9-21(29)26(23)30/h5-7,9-12,20,36H,4,8,13-18H2,1-3H3,(H,31,37). The number of piperazine rings is 1. The zero-order chi connectivity index (χ0) is 27.2. The number of nitrogens with zero attached hydrogens (tertiary/aromatic N) is 4. The van der Waals surface area contributed by atoms with Gasteiger partial charge in [-0.3, -0.25) is 14.3 Å². The monoisotopic (exact) mass is 559 g/mol. The highest BCUT2D eigenvalue weighted by molar-refractivity contribution is 6.43. The molecule has 2 heterocycles. The maximum Gasteiger partial charge on any atom is 0.271 e. The Bertz CT molecular complexity index is 1260. The molecule has 1 amide bonds. The molecule has 0 saturated carbocycles. The molecule has 204 valence electrons. The van der Waals surface area contributed by atoms with Gasteiger partial charge >= 0.3 is 0 Å². The molecule has 8 nitrogen and oxygen atoms in total. The fraction of sp³-hybridized carbons (Fsp3) is 0.429. The Balaban J connectivity index is 1.35. The van der Waals surface area contributed by atoms with Crippen molar-refractivity contribution < 1.29 is 14.6 Å². The minimum absolute atomic E-state index is 0.142. The number of hydrogen-bond donors (Lipinski definition) is 2. The molecule has 0 radical (unpaired) electrons. The number of imidazole rings is 1. The highest BCUT2D eigenvalue weighted by Crippen LogP contribution is 2.33. The molecule has 1 aromatic heterocycles. The number of anilines is 1. The summed E-state index contributed by atoms with van der Waals surface area (Å²) in [6, 6.07) is 13.3. The molecule has 1 saturated heterocycles. The predicted molar refractivity (Wildman–Crippen MR) is 152 cm³/mol. The lowest BCUT2D eigenvalue weighted by Crippen LogP contribution is -2.50. The van der Waals surface area contributed by atoms with E-state index in [0.29, 0.717) is 28.0 Å². The smallest absolute Gasteiger partial charge is 0.271 e. The molecule has 2 N–H and O–H groups in total. The number of rotatable bonds is 10. The summed E-state index contributed by atoms with van der Waals surface area (Å²) in [7, 11) is 1.63. The fourth-order valence-electron chi connectivity index (χ4n) is 4.86. The number of nitrogens with one attached hydrogen (secondary N) is 1. The lowest BCUT2D eigenvalue weighted by Gasteiger charge is -2.37. The quantitative estimate of drug-likeness (QED) is 0.384. The maximum atomic E-state index is 13.1. The number of halogens is 2. The first-order valence-electron chi connectivity index (χ1n) is 12.9. The summed E-state index contributed by atoms with van der Waals surface area (Å²) in [5.41, 5.74) is 2.87. The summed E-state index contributed by atoms with van der Waals surface area (Å²) in [6.45, 7) is 7.67. The number of β-amino-alcohol motifs (C(OH)–C–C–N with tert-alkyl or cyclic N) is 1. The minimum Gasteiger partial charge on any atom is -0.495 e. The molecular weight excluding hydrogens is 525 g/mol. The van der Waals surface area contributed by atoms with Crippen molar-refractivity contribution >= 4 is 34.8 Å². The average Bonchev–Trinajstić information content (AvgIpc) is 3.25. The lowest BCUT2D eigenvalue weighted by molar-refractivity contribution is 0.0847. The van der Waals surface area contributed by atoms with Crippen LogP contribution in [-0.4, -0.2) is 77.9 Å². The van der Waals surface area contributed by atoms with E-state index < -0.39 is 6.10 Å². The third kappa shape index (κ3) is 6.26. The van der Waals surface area contributed by atoms with Crippen LogP contribution < -0.4 is 15.0 Å². The molecule has 1 atom stereocenters. The number of aliphatic hydroxyl groups excluding tert-OH is 1. The van der Waals surface area contributed by atoms with Gasteiger partial charge in [-0.1, -0.05) is 48.3 Å². The molecule has 1 unspecified atom stereocenters. The average molecular weight is 561 g/mol. The van der Waals surface area contributed by atoms with Crippen molar-refractivity contribution in [3.63, 3.8) is 0 Å². The SMILES string of the molecule is CCCc1nc(C(=O)NCC(O)CN2CCN(c3cccc(Cl)c3Cl)CC2)c(C)n1-c1ccccc1OC. The fourth-order valence-corrected chi connectivity index (χ4v) is 5.28. The van der Waals surface area contributed by atoms with Crippen LogP contribution in [0.1, 0.15) is 35.4 Å². The third-order valence-corrected chi connectivity index (χ3v) is 7.61. The number of amides is 1. The maximum absolute atomic E-state index is 13.1. The third-order valence-electron chi connectivity index (χ3n) is 6.80. The Hall–Kier alpha value is -2.78. The first kappa shape index (κ1) is 28.2. The number of hydrogen-bond acceptors (Lipinski definition) is 6. The van der Waals surface area contributed by atoms with Gasteiger partial charge in [0.25, 0.3) is 5.91 Å². The number of carbonyl (C=O) groups excluding carboxylic acids is 1. The Labute approximate surface area is 234 Å². The van der Waals surface area contributed by atoms with E-state index in [9.17, 15) is 9.90 Å². The van der Waals surface area contributed by atoms with Crippen molar-refractivity contribution in [3.8, 4) is 11.4 Å². The van der Waals surface area contributed by atoms with E-state index in [4.69, 9.17) is 27.9 Å². The van der Waals surface area contributed by atoms with Gasteiger partial charge in [0.2, 0.25) is 0 Å². The van der Waals surface area contributed by atoms with Gasteiger partial charge in [-0.25, -0.2) is 4.98 Å². The summed E-state index contributed by atoms with van der Waals surface area (Å²) in [5.74, 6) is 1.22. The Morgan fingerprint density at radius 2 is 1.82 bits per heavy atom. The highest BCUT2D eigenvalue weighted by Gasteiger charge is 2.24. The second-order valence-corrected chi connectivity index (χ2v) is 10.2. The van der Waals surface area contributed by atoms with Gasteiger partial charge in [-0.15, -0.1) is 0 Å². The van der Waals surface area contributed by atoms with Crippen LogP contribution in [0, 0.1) is 6.92 Å². The number of para-hydroxylation sites is 2. The van der Waals surface area contributed by atoms with Gasteiger partial charge in [0.05, 0.1) is 40.3 Å². The molecule has 0 bridgehead atoms. The Morgan fingerprint density at radius 1 is 1.11 bits per heavy atom. The lowest BCUT2D eigenvalue weighted by atomic mass is 10.2. The van der Waals surface area contributed by atoms with Crippen LogP contribution in [-0.2, 0) is 6.42 Å². The van der Waals surface area contributed by atoms with Gasteiger partial charge in [-0.05, 0) is 37.6 Å². The van der Waals surface area contributed by atoms with Crippen LogP contribution in [0.2, 0.25) is 10.0 Å². The highest BCUT2D eigenvalue weighted by atomic mass is 35.5. The van der Waals surface area contributed by atoms with Gasteiger partial charge in [0, 0.05) is 45.7 Å². The number of ether oxygens (including phenoxy) is 1. The van der Waals surface area contributed by atoms with E-state index in [1.54, 1.807) is 13.2 Å². The molecule has 2 aromatic carbocycles. The number of aryl methyl sites for hydroxylation is 1. The zero-order valence-corrected chi connectivity index (χ0v) is 23.6. The first-order valence-corrected chi connectivity index (χ1v) is 13.7.